The van der Waals surface area contributed by atoms with Crippen molar-refractivity contribution in [2.24, 2.45) is 0 Å². The molecule has 0 saturated heterocycles. The predicted molar refractivity (Wildman–Crippen MR) is 72.9 cm³/mol. The van der Waals surface area contributed by atoms with Gasteiger partial charge in [-0.25, -0.2) is 4.79 Å². The van der Waals surface area contributed by atoms with Crippen LogP contribution in [0.5, 0.6) is 5.75 Å². The smallest absolute Gasteiger partial charge is 0.387 e. The number of rotatable bonds is 6. The molecule has 1 rings (SSSR count). The lowest BCUT2D eigenvalue weighted by atomic mass is 10.1. The zero-order valence-electron chi connectivity index (χ0n) is 11.9. The number of alkyl halides is 2. The third kappa shape index (κ3) is 4.68. The summed E-state index contributed by atoms with van der Waals surface area (Å²) in [6, 6.07) is 5.89. The zero-order valence-corrected chi connectivity index (χ0v) is 11.9. The average molecular weight is 286 g/mol. The molecule has 0 bridgehead atoms. The minimum Gasteiger partial charge on any atom is -0.435 e. The van der Waals surface area contributed by atoms with E-state index in [2.05, 4.69) is 10.1 Å². The van der Waals surface area contributed by atoms with E-state index in [1.807, 2.05) is 20.8 Å². The molecular weight excluding hydrogens is 266 g/mol. The van der Waals surface area contributed by atoms with Gasteiger partial charge in [0.15, 0.2) is 0 Å². The van der Waals surface area contributed by atoms with E-state index >= 15 is 0 Å². The van der Waals surface area contributed by atoms with Crippen molar-refractivity contribution < 1.29 is 18.3 Å². The van der Waals surface area contributed by atoms with Crippen LogP contribution in [-0.4, -0.2) is 30.6 Å². The van der Waals surface area contributed by atoms with Crippen molar-refractivity contribution in [1.82, 2.24) is 10.2 Å². The van der Waals surface area contributed by atoms with Gasteiger partial charge < -0.3 is 15.0 Å². The number of nitrogens with zero attached hydrogens (tertiary/aromatic N) is 1. The van der Waals surface area contributed by atoms with Gasteiger partial charge in [-0.3, -0.25) is 0 Å². The molecule has 112 valence electrons. The van der Waals surface area contributed by atoms with Crippen LogP contribution in [0, 0.1) is 0 Å². The average Bonchev–Trinajstić information content (AvgIpc) is 2.40. The van der Waals surface area contributed by atoms with Crippen LogP contribution in [0.1, 0.15) is 32.4 Å². The summed E-state index contributed by atoms with van der Waals surface area (Å²) in [5.41, 5.74) is 0.826. The molecule has 1 aromatic rings. The molecule has 20 heavy (non-hydrogen) atoms. The van der Waals surface area contributed by atoms with Gasteiger partial charge in [0.25, 0.3) is 0 Å². The first kappa shape index (κ1) is 16.2. The van der Waals surface area contributed by atoms with E-state index < -0.39 is 6.61 Å². The zero-order chi connectivity index (χ0) is 15.1. The molecule has 0 fully saturated rings. The number of urea groups is 1. The van der Waals surface area contributed by atoms with Gasteiger partial charge in [0.2, 0.25) is 0 Å². The fourth-order valence-corrected chi connectivity index (χ4v) is 1.81. The number of halogens is 2. The Labute approximate surface area is 117 Å². The number of benzene rings is 1. The van der Waals surface area contributed by atoms with Gasteiger partial charge in [-0.05, 0) is 38.5 Å². The SMILES string of the molecule is CCN(CC)C(=O)NC(C)c1ccc(OC(F)F)cc1. The number of carbonyl (C=O) groups is 1. The molecule has 0 aliphatic heterocycles. The largest absolute Gasteiger partial charge is 0.435 e. The fraction of sp³-hybridized carbons (Fsp3) is 0.500. The van der Waals surface area contributed by atoms with Crippen molar-refractivity contribution >= 4 is 6.03 Å². The van der Waals surface area contributed by atoms with E-state index in [-0.39, 0.29) is 17.8 Å². The van der Waals surface area contributed by atoms with Crippen LogP contribution in [0.4, 0.5) is 13.6 Å². The van der Waals surface area contributed by atoms with Gasteiger partial charge in [-0.1, -0.05) is 12.1 Å². The molecule has 1 atom stereocenters. The number of amides is 2. The summed E-state index contributed by atoms with van der Waals surface area (Å²) in [5, 5.41) is 2.86. The highest BCUT2D eigenvalue weighted by atomic mass is 19.3. The first-order chi connectivity index (χ1) is 9.47. The first-order valence-electron chi connectivity index (χ1n) is 6.58. The number of ether oxygens (including phenoxy) is 1. The third-order valence-electron chi connectivity index (χ3n) is 3.00. The molecule has 1 unspecified atom stereocenters. The number of hydrogen-bond donors (Lipinski definition) is 1. The molecule has 0 spiro atoms. The maximum absolute atomic E-state index is 12.0. The molecule has 0 radical (unpaired) electrons. The second-order valence-corrected chi connectivity index (χ2v) is 4.29. The Morgan fingerprint density at radius 2 is 1.80 bits per heavy atom. The van der Waals surface area contributed by atoms with Crippen LogP contribution in [0.2, 0.25) is 0 Å². The van der Waals surface area contributed by atoms with E-state index in [0.717, 1.165) is 5.56 Å². The first-order valence-corrected chi connectivity index (χ1v) is 6.58. The lowest BCUT2D eigenvalue weighted by Gasteiger charge is -2.22. The van der Waals surface area contributed by atoms with Crippen molar-refractivity contribution in [2.45, 2.75) is 33.4 Å². The highest BCUT2D eigenvalue weighted by molar-refractivity contribution is 5.74. The summed E-state index contributed by atoms with van der Waals surface area (Å²) in [6.07, 6.45) is 0. The summed E-state index contributed by atoms with van der Waals surface area (Å²) < 4.78 is 28.3. The quantitative estimate of drug-likeness (QED) is 0.870. The predicted octanol–water partition coefficient (Wildman–Crippen LogP) is 3.40. The molecule has 2 amide bonds. The standard InChI is InChI=1S/C14H20F2N2O2/c1-4-18(5-2)14(19)17-10(3)11-6-8-12(9-7-11)20-13(15)16/h6-10,13H,4-5H2,1-3H3,(H,17,19). The van der Waals surface area contributed by atoms with E-state index in [1.54, 1.807) is 17.0 Å². The highest BCUT2D eigenvalue weighted by Crippen LogP contribution is 2.19. The molecule has 0 aliphatic rings. The lowest BCUT2D eigenvalue weighted by molar-refractivity contribution is -0.0498. The summed E-state index contributed by atoms with van der Waals surface area (Å²) in [4.78, 5) is 13.6. The Morgan fingerprint density at radius 3 is 2.25 bits per heavy atom. The topological polar surface area (TPSA) is 41.6 Å². The van der Waals surface area contributed by atoms with Crippen LogP contribution in [0.25, 0.3) is 0 Å². The van der Waals surface area contributed by atoms with Gasteiger partial charge >= 0.3 is 12.6 Å². The van der Waals surface area contributed by atoms with Crippen molar-refractivity contribution in [2.75, 3.05) is 13.1 Å². The van der Waals surface area contributed by atoms with Crippen molar-refractivity contribution in [1.29, 1.82) is 0 Å². The van der Waals surface area contributed by atoms with E-state index in [0.29, 0.717) is 13.1 Å². The molecule has 0 saturated carbocycles. The molecule has 4 nitrogen and oxygen atoms in total. The van der Waals surface area contributed by atoms with Crippen LogP contribution in [0.15, 0.2) is 24.3 Å². The summed E-state index contributed by atoms with van der Waals surface area (Å²) in [7, 11) is 0. The molecule has 6 heteroatoms. The summed E-state index contributed by atoms with van der Waals surface area (Å²) in [5.74, 6) is 0.103. The highest BCUT2D eigenvalue weighted by Gasteiger charge is 2.14. The second-order valence-electron chi connectivity index (χ2n) is 4.29. The summed E-state index contributed by atoms with van der Waals surface area (Å²) in [6.45, 7) is 4.09. The van der Waals surface area contributed by atoms with Crippen molar-refractivity contribution in [3.63, 3.8) is 0 Å². The number of nitrogens with one attached hydrogen (secondary N) is 1. The molecule has 0 aliphatic carbocycles. The maximum Gasteiger partial charge on any atom is 0.387 e. The van der Waals surface area contributed by atoms with Crippen LogP contribution < -0.4 is 10.1 Å². The monoisotopic (exact) mass is 286 g/mol. The van der Waals surface area contributed by atoms with Gasteiger partial charge in [0.1, 0.15) is 5.75 Å². The Morgan fingerprint density at radius 1 is 1.25 bits per heavy atom. The summed E-state index contributed by atoms with van der Waals surface area (Å²) >= 11 is 0. The van der Waals surface area contributed by atoms with Gasteiger partial charge in [0.05, 0.1) is 6.04 Å². The van der Waals surface area contributed by atoms with E-state index in [9.17, 15) is 13.6 Å². The number of carbonyl (C=O) groups excluding carboxylic acids is 1. The third-order valence-corrected chi connectivity index (χ3v) is 3.00. The minimum atomic E-state index is -2.83. The Kier molecular flexibility index (Phi) is 6.21. The van der Waals surface area contributed by atoms with Crippen LogP contribution in [-0.2, 0) is 0 Å². The molecule has 1 aromatic carbocycles. The molecule has 0 heterocycles. The number of hydrogen-bond acceptors (Lipinski definition) is 2. The van der Waals surface area contributed by atoms with Gasteiger partial charge in [-0.15, -0.1) is 0 Å². The van der Waals surface area contributed by atoms with Crippen LogP contribution in [0.3, 0.4) is 0 Å². The fourth-order valence-electron chi connectivity index (χ4n) is 1.81. The molecular formula is C14H20F2N2O2. The lowest BCUT2D eigenvalue weighted by Crippen LogP contribution is -2.40. The Balaban J connectivity index is 2.63. The Hall–Kier alpha value is -1.85. The van der Waals surface area contributed by atoms with Gasteiger partial charge in [-0.2, -0.15) is 8.78 Å². The molecule has 1 N–H and O–H groups in total. The second kappa shape index (κ2) is 7.67. The van der Waals surface area contributed by atoms with Crippen LogP contribution >= 0.6 is 0 Å². The minimum absolute atomic E-state index is 0.103. The van der Waals surface area contributed by atoms with Gasteiger partial charge in [0, 0.05) is 13.1 Å². The maximum atomic E-state index is 12.0. The molecule has 0 aromatic heterocycles. The van der Waals surface area contributed by atoms with E-state index in [1.165, 1.54) is 12.1 Å². The normalized spacial score (nSPS) is 12.1. The van der Waals surface area contributed by atoms with Crippen molar-refractivity contribution in [3.8, 4) is 5.75 Å². The Bertz CT molecular complexity index is 420. The van der Waals surface area contributed by atoms with Crippen molar-refractivity contribution in [3.05, 3.63) is 29.8 Å². The van der Waals surface area contributed by atoms with E-state index in [4.69, 9.17) is 0 Å².